The van der Waals surface area contributed by atoms with Crippen LogP contribution >= 0.6 is 21.6 Å². The number of anilines is 1. The molecule has 0 aliphatic carbocycles. The van der Waals surface area contributed by atoms with Gasteiger partial charge in [0, 0.05) is 51.4 Å². The minimum atomic E-state index is -1.32. The first-order valence-electron chi connectivity index (χ1n) is 20.0. The molecule has 1 amide bonds. The first-order chi connectivity index (χ1) is 25.5. The van der Waals surface area contributed by atoms with Crippen molar-refractivity contribution in [3.05, 3.63) is 6.33 Å². The Morgan fingerprint density at radius 1 is 0.981 bits per heavy atom. The number of unbranched alkanes of at least 4 members (excludes halogenated alkanes) is 9. The lowest BCUT2D eigenvalue weighted by Gasteiger charge is -2.17. The number of carbonyl (C=O) groups excluding carboxylic acids is 3. The fraction of sp³-hybridized carbons (Fsp3) is 0.789. The lowest BCUT2D eigenvalue weighted by atomic mass is 10.1. The second-order valence-corrected chi connectivity index (χ2v) is 24.1. The molecule has 2 N–H and O–H groups in total. The maximum absolute atomic E-state index is 12.4. The van der Waals surface area contributed by atoms with Gasteiger partial charge in [-0.25, -0.2) is 4.98 Å². The monoisotopic (exact) mass is 792 g/mol. The predicted octanol–water partition coefficient (Wildman–Crippen LogP) is 8.49. The number of aromatic nitrogens is 4. The summed E-state index contributed by atoms with van der Waals surface area (Å²) in [5.41, 5.74) is 1.21. The van der Waals surface area contributed by atoms with E-state index in [0.29, 0.717) is 54.1 Å². The second-order valence-electron chi connectivity index (χ2n) is 15.7. The van der Waals surface area contributed by atoms with E-state index < -0.39 is 20.4 Å². The summed E-state index contributed by atoms with van der Waals surface area (Å²) < 4.78 is 20.3. The van der Waals surface area contributed by atoms with Crippen molar-refractivity contribution in [3.63, 3.8) is 0 Å². The summed E-state index contributed by atoms with van der Waals surface area (Å²) in [7, 11) is 2.43. The maximum atomic E-state index is 12.4. The molecule has 0 bridgehead atoms. The van der Waals surface area contributed by atoms with Crippen molar-refractivity contribution in [2.75, 3.05) is 30.8 Å². The average molecular weight is 793 g/mol. The molecule has 2 saturated heterocycles. The van der Waals surface area contributed by atoms with Crippen LogP contribution in [0.25, 0.3) is 11.2 Å². The molecular formula is C38H64N6O6S2Si. The molecule has 4 atom stereocenters. The number of ketones is 1. The molecular weight excluding hydrogens is 729 g/mol. The molecule has 0 spiro atoms. The first-order valence-corrected chi connectivity index (χ1v) is 26.1. The van der Waals surface area contributed by atoms with E-state index in [1.165, 1.54) is 57.6 Å². The average Bonchev–Trinajstić information content (AvgIpc) is 3.87. The van der Waals surface area contributed by atoms with Crippen molar-refractivity contribution in [1.82, 2.24) is 24.8 Å². The van der Waals surface area contributed by atoms with Crippen LogP contribution in [0.2, 0.25) is 25.7 Å². The van der Waals surface area contributed by atoms with Crippen LogP contribution in [0.15, 0.2) is 6.33 Å². The van der Waals surface area contributed by atoms with E-state index in [0.717, 1.165) is 44.8 Å². The van der Waals surface area contributed by atoms with Gasteiger partial charge >= 0.3 is 5.97 Å². The molecule has 2 fully saturated rings. The first kappa shape index (κ1) is 43.4. The highest BCUT2D eigenvalue weighted by Gasteiger charge is 2.39. The molecule has 2 unspecified atom stereocenters. The molecule has 2 aliphatic heterocycles. The number of hydrogen-bond acceptors (Lipinski definition) is 12. The topological polar surface area (TPSA) is 147 Å². The molecule has 12 nitrogen and oxygen atoms in total. The highest BCUT2D eigenvalue weighted by molar-refractivity contribution is 8.77. The highest BCUT2D eigenvalue weighted by Crippen LogP contribution is 2.39. The number of fused-ring (bicyclic) bond motifs is 1. The van der Waals surface area contributed by atoms with Crippen LogP contribution in [-0.4, -0.2) is 88.2 Å². The van der Waals surface area contributed by atoms with E-state index in [1.54, 1.807) is 6.33 Å². The Hall–Kier alpha value is -2.36. The van der Waals surface area contributed by atoms with Gasteiger partial charge in [0.25, 0.3) is 0 Å². The third-order valence-electron chi connectivity index (χ3n) is 9.69. The number of nitrogens with one attached hydrogen (secondary N) is 2. The van der Waals surface area contributed by atoms with E-state index >= 15 is 0 Å². The number of esters is 1. The Bertz CT molecular complexity index is 1440. The number of ether oxygens (including phenoxy) is 3. The van der Waals surface area contributed by atoms with Gasteiger partial charge in [-0.05, 0) is 38.7 Å². The van der Waals surface area contributed by atoms with Gasteiger partial charge in [-0.2, -0.15) is 9.97 Å². The molecule has 15 heteroatoms. The number of rotatable bonds is 26. The Balaban J connectivity index is 1.19. The van der Waals surface area contributed by atoms with Gasteiger partial charge in [0.2, 0.25) is 17.7 Å². The van der Waals surface area contributed by atoms with Gasteiger partial charge in [0.05, 0.1) is 25.5 Å². The van der Waals surface area contributed by atoms with E-state index in [4.69, 9.17) is 24.2 Å². The Labute approximate surface area is 325 Å². The summed E-state index contributed by atoms with van der Waals surface area (Å²) >= 11 is 0. The molecule has 0 saturated carbocycles. The third kappa shape index (κ3) is 15.7. The van der Waals surface area contributed by atoms with Crippen LogP contribution in [0, 0.1) is 0 Å². The van der Waals surface area contributed by atoms with Gasteiger partial charge in [-0.1, -0.05) is 99.5 Å². The quantitative estimate of drug-likeness (QED) is 0.0408. The molecule has 4 heterocycles. The number of carbonyl (C=O) groups is 3. The van der Waals surface area contributed by atoms with Crippen LogP contribution < -0.4 is 15.4 Å². The fourth-order valence-corrected chi connectivity index (χ4v) is 10.1. The smallest absolute Gasteiger partial charge is 0.306 e. The van der Waals surface area contributed by atoms with Crippen molar-refractivity contribution in [1.29, 1.82) is 0 Å². The minimum absolute atomic E-state index is 0.0348. The number of nitrogens with zero attached hydrogens (tertiary/aromatic N) is 4. The summed E-state index contributed by atoms with van der Waals surface area (Å²) in [5.74, 6) is 1.94. The zero-order valence-electron chi connectivity index (χ0n) is 32.8. The largest absolute Gasteiger partial charge is 0.476 e. The van der Waals surface area contributed by atoms with Crippen molar-refractivity contribution in [2.45, 2.75) is 166 Å². The Morgan fingerprint density at radius 3 is 2.32 bits per heavy atom. The molecule has 0 radical (unpaired) electrons. The Morgan fingerprint density at radius 2 is 1.68 bits per heavy atom. The fourth-order valence-electron chi connectivity index (χ4n) is 6.48. The van der Waals surface area contributed by atoms with E-state index in [-0.39, 0.29) is 36.6 Å². The lowest BCUT2D eigenvalue weighted by Crippen LogP contribution is -2.26. The Kier molecular flexibility index (Phi) is 18.7. The zero-order chi connectivity index (χ0) is 38.1. The molecule has 53 heavy (non-hydrogen) atoms. The van der Waals surface area contributed by atoms with Crippen LogP contribution in [-0.2, 0) is 23.9 Å². The lowest BCUT2D eigenvalue weighted by molar-refractivity contribution is -0.152. The van der Waals surface area contributed by atoms with Crippen LogP contribution in [0.1, 0.15) is 123 Å². The van der Waals surface area contributed by atoms with Gasteiger partial charge in [0.1, 0.15) is 18.1 Å². The number of imidazole rings is 1. The molecule has 0 aromatic carbocycles. The van der Waals surface area contributed by atoms with Crippen molar-refractivity contribution in [2.24, 2.45) is 0 Å². The summed E-state index contributed by atoms with van der Waals surface area (Å²) in [6.45, 7) is 12.6. The summed E-state index contributed by atoms with van der Waals surface area (Å²) in [5, 5.41) is 7.03. The van der Waals surface area contributed by atoms with Crippen molar-refractivity contribution in [3.8, 4) is 5.88 Å². The molecule has 4 rings (SSSR count). The molecule has 298 valence electrons. The minimum Gasteiger partial charge on any atom is -0.476 e. The van der Waals surface area contributed by atoms with E-state index in [2.05, 4.69) is 35.3 Å². The number of hydrogen-bond donors (Lipinski definition) is 2. The molecule has 2 aliphatic rings. The SMILES string of the molecule is CC[C@H]1O[C@@H](n2cnc3c(OCC[Si](C)(C)C)nc(NCCCCCCCCCCCCNC(=O)CC4CCSS4)nc32)CC1OC(=O)CCC(C)=O. The van der Waals surface area contributed by atoms with Gasteiger partial charge in [-0.3, -0.25) is 14.2 Å². The predicted molar refractivity (Wildman–Crippen MR) is 218 cm³/mol. The van der Waals surface area contributed by atoms with Gasteiger partial charge in [-0.15, -0.1) is 0 Å². The number of Topliss-reactive ketones (excluding diaryl/α,β-unsaturated/α-hetero) is 1. The normalized spacial score (nSPS) is 20.2. The van der Waals surface area contributed by atoms with Crippen LogP contribution in [0.4, 0.5) is 5.95 Å². The van der Waals surface area contributed by atoms with E-state index in [1.807, 2.05) is 33.1 Å². The standard InChI is InChI=1S/C38H64N6O6S2Si/c1-6-30-31(50-34(47)18-17-28(2)45)26-33(49-30)44-27-41-35-36(44)42-38(43-37(35)48-22-24-53(3,4)5)40-21-16-14-12-10-8-7-9-11-13-15-20-39-32(46)25-29-19-23-51-52-29/h27,29-31,33H,6-26H2,1-5H3,(H,39,46)(H,40,42,43)/t29?,30-,31?,33-/m1/s1. The maximum Gasteiger partial charge on any atom is 0.306 e. The second kappa shape index (κ2) is 22.9. The summed E-state index contributed by atoms with van der Waals surface area (Å²) in [4.78, 5) is 50.1. The zero-order valence-corrected chi connectivity index (χ0v) is 35.4. The summed E-state index contributed by atoms with van der Waals surface area (Å²) in [6, 6.07) is 1.00. The van der Waals surface area contributed by atoms with Crippen LogP contribution in [0.3, 0.4) is 0 Å². The van der Waals surface area contributed by atoms with E-state index in [9.17, 15) is 14.4 Å². The molecule has 2 aromatic rings. The van der Waals surface area contributed by atoms with Crippen molar-refractivity contribution >= 4 is 64.4 Å². The van der Waals surface area contributed by atoms with Gasteiger partial charge in [0.15, 0.2) is 11.2 Å². The van der Waals surface area contributed by atoms with Crippen molar-refractivity contribution < 1.29 is 28.6 Å². The summed E-state index contributed by atoms with van der Waals surface area (Å²) in [6.07, 6.45) is 15.8. The van der Waals surface area contributed by atoms with Crippen LogP contribution in [0.5, 0.6) is 5.88 Å². The molecule has 2 aromatic heterocycles. The highest BCUT2D eigenvalue weighted by atomic mass is 33.1. The number of amides is 1. The third-order valence-corrected chi connectivity index (χ3v) is 14.3. The van der Waals surface area contributed by atoms with Gasteiger partial charge < -0.3 is 29.6 Å².